The topological polar surface area (TPSA) is 55.0 Å². The molecular weight excluding hydrogens is 1670 g/mol. The SMILES string of the molecule is CC(C)c1cc(-c2ccccc2)cc(C(C)C)c1-n1ccc2c1-c1n(-c3ccccc3)c3ccccc3[n+]1C2.CC(C)c1cc(-c2ccccc2)cc(C(C)C)c1-n1ccc2c1-c1n(-c3ccccc3)cc[n+]1C2.CC(C)c1cccc(C(C)C)c1-n1ccc2c1-c1n(-c3ccccc3)c3ccccc3[n+]1C2.CC(C)c1ccccc1-n1ccc2c1-c1n(-c3ccccc3)c3ccccc3[n+]1C2. The lowest BCUT2D eigenvalue weighted by atomic mass is 9.88. The number of aromatic nitrogens is 12. The summed E-state index contributed by atoms with van der Waals surface area (Å²) in [6.45, 7) is 35.9. The van der Waals surface area contributed by atoms with Crippen molar-refractivity contribution >= 4 is 33.1 Å². The molecule has 0 bridgehead atoms. The minimum atomic E-state index is 0.382. The highest BCUT2D eigenvalue weighted by Gasteiger charge is 2.44. The first kappa shape index (κ1) is 87.0. The van der Waals surface area contributed by atoms with E-state index < -0.39 is 0 Å². The summed E-state index contributed by atoms with van der Waals surface area (Å²) in [5.41, 5.74) is 43.2. The van der Waals surface area contributed by atoms with Gasteiger partial charge < -0.3 is 18.3 Å². The van der Waals surface area contributed by atoms with E-state index in [9.17, 15) is 0 Å². The van der Waals surface area contributed by atoms with Gasteiger partial charge in [0.15, 0.2) is 33.1 Å². The number of para-hydroxylation sites is 12. The first-order chi connectivity index (χ1) is 66.8. The molecule has 12 nitrogen and oxygen atoms in total. The Kier molecular flexibility index (Phi) is 22.7. The van der Waals surface area contributed by atoms with Crippen molar-refractivity contribution in [3.05, 3.63) is 444 Å². The fourth-order valence-corrected chi connectivity index (χ4v) is 22.1. The molecule has 676 valence electrons. The first-order valence-corrected chi connectivity index (χ1v) is 49.3. The molecule has 0 radical (unpaired) electrons. The van der Waals surface area contributed by atoms with E-state index >= 15 is 0 Å². The summed E-state index contributed by atoms with van der Waals surface area (Å²) in [6.07, 6.45) is 13.5. The molecule has 4 aliphatic rings. The molecule has 4 aliphatic heterocycles. The number of rotatable bonds is 17. The summed E-state index contributed by atoms with van der Waals surface area (Å²) in [4.78, 5) is 0. The third-order valence-corrected chi connectivity index (χ3v) is 28.6. The lowest BCUT2D eigenvalue weighted by Gasteiger charge is -2.23. The number of fused-ring (bicyclic) bond motifs is 18. The Morgan fingerprint density at radius 2 is 0.489 bits per heavy atom. The third kappa shape index (κ3) is 15.1. The average molecular weight is 1790 g/mol. The van der Waals surface area contributed by atoms with E-state index in [1.807, 2.05) is 0 Å². The highest BCUT2D eigenvalue weighted by Crippen LogP contribution is 2.47. The van der Waals surface area contributed by atoms with Gasteiger partial charge in [0.05, 0.1) is 17.1 Å². The van der Waals surface area contributed by atoms with Gasteiger partial charge in [0.1, 0.15) is 84.1 Å². The smallest absolute Gasteiger partial charge is 0.310 e. The lowest BCUT2D eigenvalue weighted by molar-refractivity contribution is -0.671. The number of hydrogen-bond acceptors (Lipinski definition) is 0. The Morgan fingerprint density at radius 1 is 0.212 bits per heavy atom. The van der Waals surface area contributed by atoms with Gasteiger partial charge in [-0.1, -0.05) is 303 Å². The van der Waals surface area contributed by atoms with Crippen molar-refractivity contribution in [3.63, 3.8) is 0 Å². The van der Waals surface area contributed by atoms with Crippen LogP contribution in [0, 0.1) is 0 Å². The van der Waals surface area contributed by atoms with Crippen LogP contribution in [0.3, 0.4) is 0 Å². The Hall–Kier alpha value is -15.4. The van der Waals surface area contributed by atoms with Gasteiger partial charge in [0.2, 0.25) is 0 Å². The third-order valence-electron chi connectivity index (χ3n) is 28.6. The van der Waals surface area contributed by atoms with Gasteiger partial charge in [-0.25, -0.2) is 18.3 Å². The molecule has 0 unspecified atom stereocenters. The summed E-state index contributed by atoms with van der Waals surface area (Å²) < 4.78 is 29.2. The number of benzene rings is 13. The minimum absolute atomic E-state index is 0.382. The summed E-state index contributed by atoms with van der Waals surface area (Å²) in [5.74, 6) is 7.93. The van der Waals surface area contributed by atoms with Gasteiger partial charge in [-0.05, 0) is 242 Å². The summed E-state index contributed by atoms with van der Waals surface area (Å²) >= 11 is 0. The van der Waals surface area contributed by atoms with Crippen LogP contribution in [0.5, 0.6) is 0 Å². The lowest BCUT2D eigenvalue weighted by Crippen LogP contribution is -2.31. The van der Waals surface area contributed by atoms with Gasteiger partial charge in [-0.3, -0.25) is 0 Å². The van der Waals surface area contributed by atoms with Crippen LogP contribution >= 0.6 is 0 Å². The van der Waals surface area contributed by atoms with Crippen molar-refractivity contribution in [1.29, 1.82) is 0 Å². The molecule has 0 atom stereocenters. The van der Waals surface area contributed by atoms with Crippen LogP contribution < -0.4 is 18.3 Å². The Bertz CT molecular complexity index is 8000. The van der Waals surface area contributed by atoms with Crippen molar-refractivity contribution < 1.29 is 18.3 Å². The molecule has 0 aliphatic carbocycles. The zero-order valence-electron chi connectivity index (χ0n) is 81.1. The van der Waals surface area contributed by atoms with Crippen LogP contribution in [0.15, 0.2) is 383 Å². The zero-order chi connectivity index (χ0) is 93.7. The Labute approximate surface area is 805 Å². The molecule has 0 amide bonds. The molecule has 21 aromatic rings. The predicted octanol–water partition coefficient (Wildman–Crippen LogP) is 29.0. The molecule has 12 heteroatoms. The van der Waals surface area contributed by atoms with Crippen LogP contribution in [0.25, 0.3) is 147 Å². The van der Waals surface area contributed by atoms with Crippen molar-refractivity contribution in [1.82, 2.24) is 36.5 Å². The fourth-order valence-electron chi connectivity index (χ4n) is 22.1. The van der Waals surface area contributed by atoms with E-state index in [4.69, 9.17) is 0 Å². The van der Waals surface area contributed by atoms with Gasteiger partial charge in [0.25, 0.3) is 0 Å². The number of imidazole rings is 4. The van der Waals surface area contributed by atoms with Crippen LogP contribution in [0.1, 0.15) is 200 Å². The Balaban J connectivity index is 0.000000106. The highest BCUT2D eigenvalue weighted by atomic mass is 15.3. The van der Waals surface area contributed by atoms with Gasteiger partial charge in [-0.2, -0.15) is 18.3 Å². The van der Waals surface area contributed by atoms with E-state index in [0.29, 0.717) is 41.4 Å². The number of nitrogens with zero attached hydrogens (tertiary/aromatic N) is 12. The molecule has 137 heavy (non-hydrogen) atoms. The average Bonchev–Trinajstić information content (AvgIpc) is 1.57. The van der Waals surface area contributed by atoms with Crippen LogP contribution in [0.4, 0.5) is 0 Å². The van der Waals surface area contributed by atoms with E-state index in [-0.39, 0.29) is 0 Å². The largest absolute Gasteiger partial charge is 0.313 e. The van der Waals surface area contributed by atoms with E-state index in [1.165, 1.54) is 208 Å². The maximum absolute atomic E-state index is 2.49. The fraction of sp³-hybridized carbons (Fsp3) is 0.200. The Morgan fingerprint density at radius 3 is 0.847 bits per heavy atom. The van der Waals surface area contributed by atoms with Crippen molar-refractivity contribution in [2.45, 2.75) is 165 Å². The summed E-state index contributed by atoms with van der Waals surface area (Å²) in [7, 11) is 0. The molecule has 0 saturated heterocycles. The van der Waals surface area contributed by atoms with Gasteiger partial charge in [0, 0.05) is 52.7 Å². The molecule has 12 heterocycles. The van der Waals surface area contributed by atoms with E-state index in [1.54, 1.807) is 0 Å². The van der Waals surface area contributed by atoms with Crippen molar-refractivity contribution in [2.75, 3.05) is 0 Å². The monoisotopic (exact) mass is 1790 g/mol. The van der Waals surface area contributed by atoms with E-state index in [0.717, 1.165) is 26.2 Å². The molecule has 0 saturated carbocycles. The van der Waals surface area contributed by atoms with Crippen molar-refractivity contribution in [2.24, 2.45) is 0 Å². The predicted molar refractivity (Wildman–Crippen MR) is 561 cm³/mol. The van der Waals surface area contributed by atoms with E-state index in [2.05, 4.69) is 535 Å². The molecular formula is C125H120N12+4. The molecule has 0 fully saturated rings. The molecule has 25 rings (SSSR count). The second-order valence-corrected chi connectivity index (χ2v) is 39.6. The number of hydrogen-bond donors (Lipinski definition) is 0. The van der Waals surface area contributed by atoms with Crippen LogP contribution in [-0.2, 0) is 26.2 Å². The van der Waals surface area contributed by atoms with Crippen LogP contribution in [0.2, 0.25) is 0 Å². The second-order valence-electron chi connectivity index (χ2n) is 39.6. The standard InChI is InChI=1S/C36H34N3.C32H32N3.C30H30N3.C27H24N3/c1-24(2)30-21-28(26-13-7-5-8-14-26)22-31(25(3)4)35(30)37-20-19-27-23-38-32-17-11-12-18-33(32)39(36(38)34(27)37)29-15-9-6-10-16-29;1-22(2)28-19-26(24-11-7-5-8-12-24)20-29(23(3)4)31(28)35-16-15-25-21-33-17-18-34(32(33)30(25)35)27-13-9-6-10-14-27;1-20(2)24-13-10-14-25(21(3)4)29(24)31-18-17-22-19-32-26-15-8-9-16-27(26)33(30(32)28(22)31)23-11-6-5-7-12-23;1-19(2)22-12-6-7-13-23(22)28-17-16-20-18-29-24-14-8-9-15-25(24)30(27(29)26(20)28)21-10-4-3-5-11-21/h5-22,24-25H,23H2,1-4H3;5-20,22-23H,21H2,1-4H3;5-18,20-21H,19H2,1-4H3;3-17,19H,18H2,1-2H3/q4*+1. The maximum atomic E-state index is 2.49. The molecule has 13 aromatic carbocycles. The molecule has 0 spiro atoms. The van der Waals surface area contributed by atoms with Crippen molar-refractivity contribution in [3.8, 4) is 114 Å². The highest BCUT2D eigenvalue weighted by molar-refractivity contribution is 5.85. The van der Waals surface area contributed by atoms with Gasteiger partial charge >= 0.3 is 23.3 Å². The quantitative estimate of drug-likeness (QED) is 0.0816. The maximum Gasteiger partial charge on any atom is 0.313 e. The zero-order valence-corrected chi connectivity index (χ0v) is 81.1. The summed E-state index contributed by atoms with van der Waals surface area (Å²) in [6, 6.07) is 125. The normalized spacial score (nSPS) is 12.5. The van der Waals surface area contributed by atoms with Gasteiger partial charge in [-0.15, -0.1) is 0 Å². The molecule has 8 aromatic heterocycles. The summed E-state index contributed by atoms with van der Waals surface area (Å²) in [5, 5.41) is 0. The minimum Gasteiger partial charge on any atom is -0.310 e. The second kappa shape index (κ2) is 35.8. The molecule has 0 N–H and O–H groups in total. The first-order valence-electron chi connectivity index (χ1n) is 49.3. The van der Waals surface area contributed by atoms with Crippen LogP contribution in [-0.4, -0.2) is 36.5 Å².